The summed E-state index contributed by atoms with van der Waals surface area (Å²) in [7, 11) is -2.13. The Hall–Kier alpha value is -3.87. The van der Waals surface area contributed by atoms with Crippen LogP contribution in [0.3, 0.4) is 0 Å². The average Bonchev–Trinajstić information content (AvgIpc) is 3.07. The molecule has 0 fully saturated rings. The van der Waals surface area contributed by atoms with Crippen molar-refractivity contribution in [3.05, 3.63) is 110 Å². The fourth-order valence-electron chi connectivity index (χ4n) is 3.58. The van der Waals surface area contributed by atoms with Crippen LogP contribution in [-0.2, 0) is 16.9 Å². The van der Waals surface area contributed by atoms with E-state index in [2.05, 4.69) is 21.2 Å². The van der Waals surface area contributed by atoms with E-state index < -0.39 is 9.84 Å². The summed E-state index contributed by atoms with van der Waals surface area (Å²) in [6.45, 7) is 1.85. The summed E-state index contributed by atoms with van der Waals surface area (Å²) in [5.41, 5.74) is 2.97. The molecule has 176 valence electrons. The Labute approximate surface area is 211 Å². The molecule has 1 N–H and O–H groups in total. The van der Waals surface area contributed by atoms with Gasteiger partial charge in [-0.05, 0) is 67.1 Å². The van der Waals surface area contributed by atoms with Gasteiger partial charge in [-0.3, -0.25) is 9.48 Å². The van der Waals surface area contributed by atoms with Crippen LogP contribution in [0.15, 0.2) is 97.9 Å². The summed E-state index contributed by atoms with van der Waals surface area (Å²) in [6.07, 6.45) is 1.33. The molecule has 0 spiro atoms. The maximum Gasteiger partial charge on any atom is 0.295 e. The van der Waals surface area contributed by atoms with E-state index in [1.807, 2.05) is 44.3 Å². The number of nitrogens with one attached hydrogen (secondary N) is 1. The number of allylic oxidation sites excluding steroid dienone is 1. The van der Waals surface area contributed by atoms with E-state index in [9.17, 15) is 18.5 Å². The van der Waals surface area contributed by atoms with Crippen LogP contribution >= 0.6 is 15.9 Å². The summed E-state index contributed by atoms with van der Waals surface area (Å²) in [5.74, 6) is 0. The van der Waals surface area contributed by atoms with Gasteiger partial charge < -0.3 is 5.32 Å². The zero-order valence-electron chi connectivity index (χ0n) is 18.9. The highest BCUT2D eigenvalue weighted by Gasteiger charge is 2.21. The second kappa shape index (κ2) is 9.78. The van der Waals surface area contributed by atoms with Gasteiger partial charge in [0.15, 0.2) is 0 Å². The lowest BCUT2D eigenvalue weighted by molar-refractivity contribution is 0.603. The lowest BCUT2D eigenvalue weighted by atomic mass is 10.2. The summed E-state index contributed by atoms with van der Waals surface area (Å²) >= 11 is 3.27. The van der Waals surface area contributed by atoms with Crippen molar-refractivity contribution in [2.75, 3.05) is 5.32 Å². The van der Waals surface area contributed by atoms with Gasteiger partial charge in [0.25, 0.3) is 5.56 Å². The van der Waals surface area contributed by atoms with E-state index in [4.69, 9.17) is 0 Å². The second-order valence-corrected chi connectivity index (χ2v) is 10.6. The molecule has 1 heterocycles. The van der Waals surface area contributed by atoms with Gasteiger partial charge in [-0.2, -0.15) is 5.26 Å². The van der Waals surface area contributed by atoms with Crippen LogP contribution in [0.4, 0.5) is 11.4 Å². The maximum absolute atomic E-state index is 13.1. The number of aromatic nitrogens is 2. The van der Waals surface area contributed by atoms with Crippen molar-refractivity contribution in [1.29, 1.82) is 5.26 Å². The number of anilines is 2. The predicted molar refractivity (Wildman–Crippen MR) is 140 cm³/mol. The van der Waals surface area contributed by atoms with E-state index in [0.29, 0.717) is 16.9 Å². The van der Waals surface area contributed by atoms with E-state index in [-0.39, 0.29) is 15.4 Å². The molecule has 4 aromatic rings. The Morgan fingerprint density at radius 1 is 1.00 bits per heavy atom. The van der Waals surface area contributed by atoms with Crippen LogP contribution in [-0.4, -0.2) is 17.8 Å². The number of hydrogen-bond donors (Lipinski definition) is 1. The standard InChI is InChI=1S/C26H21BrN4O3S/c1-18-25(26(32)31(30(18)2)22-6-4-3-5-7-22)29-21-12-8-19(9-13-21)16-24(17-28)35(33,34)23-14-10-20(27)11-15-23/h3-16,29H,1-2H3. The zero-order valence-corrected chi connectivity index (χ0v) is 21.3. The smallest absolute Gasteiger partial charge is 0.295 e. The molecule has 0 bridgehead atoms. The molecule has 0 aliphatic carbocycles. The summed E-state index contributed by atoms with van der Waals surface area (Å²) in [4.78, 5) is 12.8. The predicted octanol–water partition coefficient (Wildman–Crippen LogP) is 5.33. The molecular weight excluding hydrogens is 528 g/mol. The highest BCUT2D eigenvalue weighted by atomic mass is 79.9. The van der Waals surface area contributed by atoms with Crippen molar-refractivity contribution in [2.24, 2.45) is 7.05 Å². The van der Waals surface area contributed by atoms with Crippen LogP contribution < -0.4 is 10.9 Å². The maximum atomic E-state index is 13.1. The van der Waals surface area contributed by atoms with Gasteiger partial charge in [0.05, 0.1) is 16.3 Å². The highest BCUT2D eigenvalue weighted by Crippen LogP contribution is 2.24. The second-order valence-electron chi connectivity index (χ2n) is 7.76. The normalized spacial score (nSPS) is 11.8. The van der Waals surface area contributed by atoms with Gasteiger partial charge in [0.2, 0.25) is 9.84 Å². The molecule has 0 saturated carbocycles. The van der Waals surface area contributed by atoms with Crippen LogP contribution in [0.5, 0.6) is 0 Å². The minimum Gasteiger partial charge on any atom is -0.349 e. The van der Waals surface area contributed by atoms with Gasteiger partial charge in [0, 0.05) is 17.2 Å². The quantitative estimate of drug-likeness (QED) is 0.328. The van der Waals surface area contributed by atoms with Crippen molar-refractivity contribution in [2.45, 2.75) is 11.8 Å². The monoisotopic (exact) mass is 548 g/mol. The van der Waals surface area contributed by atoms with Gasteiger partial charge in [0.1, 0.15) is 16.7 Å². The van der Waals surface area contributed by atoms with Gasteiger partial charge in [-0.15, -0.1) is 0 Å². The van der Waals surface area contributed by atoms with Gasteiger partial charge in [-0.25, -0.2) is 13.1 Å². The number of hydrogen-bond acceptors (Lipinski definition) is 5. The topological polar surface area (TPSA) is 96.9 Å². The first-order chi connectivity index (χ1) is 16.7. The Morgan fingerprint density at radius 3 is 2.23 bits per heavy atom. The molecule has 7 nitrogen and oxygen atoms in total. The molecule has 0 amide bonds. The van der Waals surface area contributed by atoms with Crippen molar-refractivity contribution in [3.63, 3.8) is 0 Å². The zero-order chi connectivity index (χ0) is 25.2. The first kappa shape index (κ1) is 24.3. The Morgan fingerprint density at radius 2 is 1.63 bits per heavy atom. The Balaban J connectivity index is 1.62. The number of sulfone groups is 1. The van der Waals surface area contributed by atoms with Crippen LogP contribution in [0.1, 0.15) is 11.3 Å². The lowest BCUT2D eigenvalue weighted by Crippen LogP contribution is -2.20. The SMILES string of the molecule is Cc1c(Nc2ccc(C=C(C#N)S(=O)(=O)c3ccc(Br)cc3)cc2)c(=O)n(-c2ccccc2)n1C. The molecule has 0 atom stereocenters. The fraction of sp³-hybridized carbons (Fsp3) is 0.0769. The summed E-state index contributed by atoms with van der Waals surface area (Å²) in [5, 5.41) is 12.7. The molecule has 0 saturated heterocycles. The van der Waals surface area contributed by atoms with Crippen LogP contribution in [0, 0.1) is 18.3 Å². The number of nitriles is 1. The Bertz CT molecular complexity index is 1610. The largest absolute Gasteiger partial charge is 0.349 e. The van der Waals surface area contributed by atoms with Crippen molar-refractivity contribution >= 4 is 43.2 Å². The van der Waals surface area contributed by atoms with Crippen LogP contribution in [0.2, 0.25) is 0 Å². The number of halogens is 1. The summed E-state index contributed by atoms with van der Waals surface area (Å²) in [6, 6.07) is 24.1. The highest BCUT2D eigenvalue weighted by molar-refractivity contribution is 9.10. The van der Waals surface area contributed by atoms with E-state index in [0.717, 1.165) is 15.9 Å². The van der Waals surface area contributed by atoms with E-state index >= 15 is 0 Å². The van der Waals surface area contributed by atoms with Crippen molar-refractivity contribution in [3.8, 4) is 11.8 Å². The third-order valence-electron chi connectivity index (χ3n) is 5.56. The molecule has 9 heteroatoms. The molecule has 0 aliphatic rings. The van der Waals surface area contributed by atoms with E-state index in [1.54, 1.807) is 51.8 Å². The fourth-order valence-corrected chi connectivity index (χ4v) is 5.01. The molecule has 35 heavy (non-hydrogen) atoms. The van der Waals surface area contributed by atoms with Gasteiger partial charge in [-0.1, -0.05) is 46.3 Å². The Kier molecular flexibility index (Phi) is 6.78. The average molecular weight is 549 g/mol. The number of rotatable bonds is 6. The summed E-state index contributed by atoms with van der Waals surface area (Å²) < 4.78 is 29.8. The van der Waals surface area contributed by atoms with Crippen molar-refractivity contribution in [1.82, 2.24) is 9.36 Å². The molecule has 0 aliphatic heterocycles. The molecule has 4 rings (SSSR count). The number of benzene rings is 3. The number of para-hydroxylation sites is 1. The van der Waals surface area contributed by atoms with E-state index in [1.165, 1.54) is 18.2 Å². The molecule has 1 aromatic heterocycles. The van der Waals surface area contributed by atoms with Gasteiger partial charge >= 0.3 is 0 Å². The lowest BCUT2D eigenvalue weighted by Gasteiger charge is -2.07. The molecular formula is C26H21BrN4O3S. The first-order valence-corrected chi connectivity index (χ1v) is 12.8. The first-order valence-electron chi connectivity index (χ1n) is 10.6. The molecule has 0 unspecified atom stereocenters. The minimum atomic E-state index is -3.95. The van der Waals surface area contributed by atoms with Crippen LogP contribution in [0.25, 0.3) is 11.8 Å². The molecule has 3 aromatic carbocycles. The molecule has 0 radical (unpaired) electrons. The third-order valence-corrected chi connectivity index (χ3v) is 7.77. The van der Waals surface area contributed by atoms with Crippen molar-refractivity contribution < 1.29 is 8.42 Å². The number of nitrogens with zero attached hydrogens (tertiary/aromatic N) is 3. The minimum absolute atomic E-state index is 0.0426. The third kappa shape index (κ3) is 4.85.